The molecular formula is C27H34N8O3. The summed E-state index contributed by atoms with van der Waals surface area (Å²) < 4.78 is 23.8. The minimum Gasteiger partial charge on any atom is -0.377 e. The summed E-state index contributed by atoms with van der Waals surface area (Å²) in [7, 11) is 0. The summed E-state index contributed by atoms with van der Waals surface area (Å²) in [5, 5.41) is 14.2. The first-order valence-electron chi connectivity index (χ1n) is 13.8. The van der Waals surface area contributed by atoms with Crippen molar-refractivity contribution in [1.29, 1.82) is 0 Å². The average Bonchev–Trinajstić information content (AvgIpc) is 3.73. The number of nitrogens with zero attached hydrogens (tertiary/aromatic N) is 8. The maximum absolute atomic E-state index is 6.11. The molecule has 11 nitrogen and oxygen atoms in total. The summed E-state index contributed by atoms with van der Waals surface area (Å²) in [5.74, 6) is 0.905. The van der Waals surface area contributed by atoms with Crippen LogP contribution in [0, 0.1) is 0 Å². The van der Waals surface area contributed by atoms with Gasteiger partial charge in [-0.15, -0.1) is 0 Å². The van der Waals surface area contributed by atoms with Gasteiger partial charge in [0.05, 0.1) is 48.1 Å². The molecule has 3 atom stereocenters. The van der Waals surface area contributed by atoms with Crippen LogP contribution in [0.2, 0.25) is 0 Å². The lowest BCUT2D eigenvalue weighted by atomic mass is 10.1. The molecule has 3 aliphatic heterocycles. The van der Waals surface area contributed by atoms with E-state index in [0.29, 0.717) is 13.2 Å². The normalized spacial score (nSPS) is 24.8. The third kappa shape index (κ3) is 4.18. The number of anilines is 1. The van der Waals surface area contributed by atoms with Crippen molar-refractivity contribution in [3.63, 3.8) is 0 Å². The molecule has 3 saturated heterocycles. The Morgan fingerprint density at radius 3 is 2.21 bits per heavy atom. The molecule has 2 unspecified atom stereocenters. The third-order valence-electron chi connectivity index (χ3n) is 7.86. The highest BCUT2D eigenvalue weighted by molar-refractivity contribution is 5.79. The highest BCUT2D eigenvalue weighted by Gasteiger charge is 2.28. The number of hydrogen-bond acceptors (Lipinski definition) is 8. The molecule has 0 saturated carbocycles. The Morgan fingerprint density at radius 2 is 1.53 bits per heavy atom. The van der Waals surface area contributed by atoms with Gasteiger partial charge in [0, 0.05) is 38.2 Å². The predicted molar refractivity (Wildman–Crippen MR) is 141 cm³/mol. The molecule has 0 aromatic carbocycles. The molecule has 0 aliphatic carbocycles. The largest absolute Gasteiger partial charge is 0.377 e. The van der Waals surface area contributed by atoms with Crippen LogP contribution in [0.15, 0.2) is 36.8 Å². The zero-order valence-electron chi connectivity index (χ0n) is 21.8. The topological polar surface area (TPSA) is 96.8 Å². The molecular weight excluding hydrogens is 484 g/mol. The van der Waals surface area contributed by atoms with Crippen LogP contribution in [-0.2, 0) is 14.2 Å². The minimum atomic E-state index is -0.0809. The molecule has 0 amide bonds. The fraction of sp³-hybridized carbons (Fsp3) is 0.556. The zero-order valence-corrected chi connectivity index (χ0v) is 21.8. The smallest absolute Gasteiger partial charge is 0.167 e. The Hall–Kier alpha value is -3.28. The summed E-state index contributed by atoms with van der Waals surface area (Å²) in [4.78, 5) is 7.51. The highest BCUT2D eigenvalue weighted by Crippen LogP contribution is 2.35. The lowest BCUT2D eigenvalue weighted by Gasteiger charge is -2.34. The molecule has 11 heteroatoms. The van der Waals surface area contributed by atoms with E-state index < -0.39 is 0 Å². The molecule has 200 valence electrons. The number of rotatable bonds is 5. The predicted octanol–water partition coefficient (Wildman–Crippen LogP) is 4.08. The summed E-state index contributed by atoms with van der Waals surface area (Å²) in [6.07, 6.45) is 11.8. The standard InChI is InChI=1S/C27H34N8O3/c1-19-18-36-15-12-32(19)24-16-23(22-9-11-29-34(22)26-7-3-5-14-38-26)35-27(31-24)20(17-30-35)21-8-10-28-33(21)25-6-2-4-13-37-25/h8-11,16-17,19,25-26H,2-7,12-15,18H2,1H3/t19-,25?,26?/m1/s1. The van der Waals surface area contributed by atoms with Gasteiger partial charge in [0.2, 0.25) is 0 Å². The van der Waals surface area contributed by atoms with Crippen molar-refractivity contribution in [3.05, 3.63) is 36.8 Å². The molecule has 0 bridgehead atoms. The van der Waals surface area contributed by atoms with Gasteiger partial charge in [-0.3, -0.25) is 0 Å². The van der Waals surface area contributed by atoms with E-state index in [9.17, 15) is 0 Å². The van der Waals surface area contributed by atoms with Crippen LogP contribution >= 0.6 is 0 Å². The number of ether oxygens (including phenoxy) is 3. The van der Waals surface area contributed by atoms with Gasteiger partial charge < -0.3 is 19.1 Å². The Balaban J connectivity index is 1.39. The summed E-state index contributed by atoms with van der Waals surface area (Å²) in [6, 6.07) is 6.41. The lowest BCUT2D eigenvalue weighted by Crippen LogP contribution is -2.44. The maximum Gasteiger partial charge on any atom is 0.167 e. The van der Waals surface area contributed by atoms with Crippen molar-refractivity contribution in [2.24, 2.45) is 0 Å². The Morgan fingerprint density at radius 1 is 0.816 bits per heavy atom. The Labute approximate surface area is 221 Å². The lowest BCUT2D eigenvalue weighted by molar-refractivity contribution is -0.0385. The summed E-state index contributed by atoms with van der Waals surface area (Å²) in [5.41, 5.74) is 4.57. The van der Waals surface area contributed by atoms with Gasteiger partial charge in [-0.25, -0.2) is 18.9 Å². The van der Waals surface area contributed by atoms with E-state index in [1.165, 1.54) is 0 Å². The van der Waals surface area contributed by atoms with Gasteiger partial charge >= 0.3 is 0 Å². The second-order valence-corrected chi connectivity index (χ2v) is 10.4. The van der Waals surface area contributed by atoms with Gasteiger partial charge in [-0.1, -0.05) is 0 Å². The van der Waals surface area contributed by atoms with Crippen molar-refractivity contribution in [2.45, 2.75) is 63.9 Å². The van der Waals surface area contributed by atoms with Crippen molar-refractivity contribution in [3.8, 4) is 22.6 Å². The van der Waals surface area contributed by atoms with E-state index in [4.69, 9.17) is 24.3 Å². The van der Waals surface area contributed by atoms with Crippen LogP contribution in [0.3, 0.4) is 0 Å². The zero-order chi connectivity index (χ0) is 25.5. The quantitative estimate of drug-likeness (QED) is 0.390. The number of hydrogen-bond donors (Lipinski definition) is 0. The van der Waals surface area contributed by atoms with Crippen LogP contribution in [0.25, 0.3) is 28.3 Å². The van der Waals surface area contributed by atoms with E-state index in [-0.39, 0.29) is 18.5 Å². The first-order valence-corrected chi connectivity index (χ1v) is 13.8. The number of fused-ring (bicyclic) bond motifs is 1. The van der Waals surface area contributed by atoms with Gasteiger partial charge in [0.15, 0.2) is 18.1 Å². The molecule has 38 heavy (non-hydrogen) atoms. The fourth-order valence-electron chi connectivity index (χ4n) is 5.86. The SMILES string of the molecule is C[C@@H]1COCCN1c1cc(-c2ccnn2C2CCCCO2)n2ncc(-c3ccnn3C3CCCCO3)c2n1. The summed E-state index contributed by atoms with van der Waals surface area (Å²) >= 11 is 0. The van der Waals surface area contributed by atoms with E-state index in [2.05, 4.69) is 28.1 Å². The van der Waals surface area contributed by atoms with Gasteiger partial charge in [0.25, 0.3) is 0 Å². The minimum absolute atomic E-state index is 0.0736. The number of aromatic nitrogens is 7. The van der Waals surface area contributed by atoms with E-state index in [1.807, 2.05) is 44.6 Å². The second-order valence-electron chi connectivity index (χ2n) is 10.4. The molecule has 7 rings (SSSR count). The average molecular weight is 519 g/mol. The molecule has 3 aliphatic rings. The monoisotopic (exact) mass is 518 g/mol. The summed E-state index contributed by atoms with van der Waals surface area (Å²) in [6.45, 7) is 5.83. The van der Waals surface area contributed by atoms with Crippen molar-refractivity contribution >= 4 is 11.5 Å². The van der Waals surface area contributed by atoms with Gasteiger partial charge in [-0.05, 0) is 57.6 Å². The van der Waals surface area contributed by atoms with Crippen LogP contribution in [0.1, 0.15) is 57.9 Å². The van der Waals surface area contributed by atoms with E-state index in [1.54, 1.807) is 0 Å². The van der Waals surface area contributed by atoms with Crippen LogP contribution in [0.4, 0.5) is 5.82 Å². The fourth-order valence-corrected chi connectivity index (χ4v) is 5.86. The van der Waals surface area contributed by atoms with Crippen LogP contribution in [0.5, 0.6) is 0 Å². The van der Waals surface area contributed by atoms with Crippen LogP contribution in [-0.4, -0.2) is 73.2 Å². The molecule has 0 spiro atoms. The van der Waals surface area contributed by atoms with E-state index in [0.717, 1.165) is 92.4 Å². The first kappa shape index (κ1) is 23.8. The van der Waals surface area contributed by atoms with Crippen molar-refractivity contribution in [1.82, 2.24) is 34.2 Å². The third-order valence-corrected chi connectivity index (χ3v) is 7.86. The van der Waals surface area contributed by atoms with Crippen molar-refractivity contribution < 1.29 is 14.2 Å². The Kier molecular flexibility index (Phi) is 6.34. The molecule has 7 heterocycles. The maximum atomic E-state index is 6.11. The molecule has 0 radical (unpaired) electrons. The van der Waals surface area contributed by atoms with Crippen molar-refractivity contribution in [2.75, 3.05) is 37.9 Å². The van der Waals surface area contributed by atoms with Gasteiger partial charge in [-0.2, -0.15) is 15.3 Å². The Bertz CT molecular complexity index is 1400. The molecule has 3 fully saturated rings. The first-order chi connectivity index (χ1) is 18.8. The number of morpholine rings is 1. The molecule has 4 aromatic rings. The van der Waals surface area contributed by atoms with Crippen LogP contribution < -0.4 is 4.90 Å². The highest BCUT2D eigenvalue weighted by atomic mass is 16.5. The molecule has 4 aromatic heterocycles. The van der Waals surface area contributed by atoms with Gasteiger partial charge in [0.1, 0.15) is 5.82 Å². The second kappa shape index (κ2) is 10.1. The molecule has 0 N–H and O–H groups in total. The van der Waals surface area contributed by atoms with E-state index >= 15 is 0 Å².